The third-order valence-corrected chi connectivity index (χ3v) is 4.84. The quantitative estimate of drug-likeness (QED) is 0.528. The van der Waals surface area contributed by atoms with Gasteiger partial charge in [0.2, 0.25) is 0 Å². The highest BCUT2D eigenvalue weighted by atomic mass is 32.2. The number of aliphatic imine (C=N–C) groups is 1. The van der Waals surface area contributed by atoms with Crippen molar-refractivity contribution in [3.8, 4) is 0 Å². The SMILES string of the molecule is CCOC(=O)c1ccc(N=C2SC(=CC(=O)OC)C(=O)N2Cc2ccco2)cc1. The maximum absolute atomic E-state index is 12.7. The van der Waals surface area contributed by atoms with Crippen LogP contribution in [0.3, 0.4) is 0 Å². The minimum absolute atomic E-state index is 0.164. The van der Waals surface area contributed by atoms with Crippen LogP contribution in [0.25, 0.3) is 0 Å². The van der Waals surface area contributed by atoms with Gasteiger partial charge in [-0.05, 0) is 55.1 Å². The van der Waals surface area contributed by atoms with Gasteiger partial charge in [0.05, 0.1) is 42.7 Å². The largest absolute Gasteiger partial charge is 0.467 e. The van der Waals surface area contributed by atoms with Crippen molar-refractivity contribution in [3.05, 3.63) is 65.0 Å². The van der Waals surface area contributed by atoms with Crippen LogP contribution in [0.4, 0.5) is 5.69 Å². The van der Waals surface area contributed by atoms with Gasteiger partial charge in [-0.3, -0.25) is 9.69 Å². The Hall–Kier alpha value is -3.33. The van der Waals surface area contributed by atoms with E-state index in [-0.39, 0.29) is 17.4 Å². The van der Waals surface area contributed by atoms with Gasteiger partial charge < -0.3 is 13.9 Å². The van der Waals surface area contributed by atoms with E-state index in [0.717, 1.165) is 17.8 Å². The number of carbonyl (C=O) groups excluding carboxylic acids is 3. The van der Waals surface area contributed by atoms with Gasteiger partial charge in [-0.2, -0.15) is 0 Å². The summed E-state index contributed by atoms with van der Waals surface area (Å²) in [5.74, 6) is -0.846. The van der Waals surface area contributed by atoms with Gasteiger partial charge in [0.1, 0.15) is 5.76 Å². The van der Waals surface area contributed by atoms with E-state index in [1.807, 2.05) is 0 Å². The third-order valence-electron chi connectivity index (χ3n) is 3.84. The fraction of sp³-hybridized carbons (Fsp3) is 0.200. The molecule has 0 radical (unpaired) electrons. The van der Waals surface area contributed by atoms with Crippen LogP contribution in [-0.4, -0.2) is 41.6 Å². The maximum atomic E-state index is 12.7. The normalized spacial score (nSPS) is 16.5. The fourth-order valence-corrected chi connectivity index (χ4v) is 3.41. The molecule has 1 aromatic carbocycles. The van der Waals surface area contributed by atoms with Crippen LogP contribution >= 0.6 is 11.8 Å². The lowest BCUT2D eigenvalue weighted by atomic mass is 10.2. The Morgan fingerprint density at radius 1 is 1.24 bits per heavy atom. The molecule has 0 bridgehead atoms. The monoisotopic (exact) mass is 414 g/mol. The zero-order valence-electron chi connectivity index (χ0n) is 15.8. The summed E-state index contributed by atoms with van der Waals surface area (Å²) in [6.45, 7) is 2.19. The molecule has 0 atom stereocenters. The average molecular weight is 414 g/mol. The van der Waals surface area contributed by atoms with Crippen LogP contribution in [0.5, 0.6) is 0 Å². The first kappa shape index (κ1) is 20.4. The molecule has 29 heavy (non-hydrogen) atoms. The van der Waals surface area contributed by atoms with Crippen molar-refractivity contribution in [2.75, 3.05) is 13.7 Å². The van der Waals surface area contributed by atoms with Gasteiger partial charge >= 0.3 is 11.9 Å². The summed E-state index contributed by atoms with van der Waals surface area (Å²) < 4.78 is 14.9. The number of benzene rings is 1. The molecule has 0 saturated carbocycles. The number of methoxy groups -OCH3 is 1. The number of thioether (sulfide) groups is 1. The van der Waals surface area contributed by atoms with Crippen LogP contribution in [0.1, 0.15) is 23.0 Å². The maximum Gasteiger partial charge on any atom is 0.338 e. The summed E-state index contributed by atoms with van der Waals surface area (Å²) in [5.41, 5.74) is 0.946. The lowest BCUT2D eigenvalue weighted by Gasteiger charge is -2.13. The molecule has 1 aliphatic rings. The molecule has 0 spiro atoms. The highest BCUT2D eigenvalue weighted by Crippen LogP contribution is 2.34. The van der Waals surface area contributed by atoms with Crippen LogP contribution < -0.4 is 0 Å². The number of nitrogens with zero attached hydrogens (tertiary/aromatic N) is 2. The summed E-state index contributed by atoms with van der Waals surface area (Å²) in [6, 6.07) is 9.96. The molecule has 150 valence electrons. The molecule has 2 aromatic rings. The Morgan fingerprint density at radius 2 is 2.00 bits per heavy atom. The number of ether oxygens (including phenoxy) is 2. The molecule has 0 N–H and O–H groups in total. The molecule has 1 aliphatic heterocycles. The van der Waals surface area contributed by atoms with Crippen molar-refractivity contribution in [1.82, 2.24) is 4.90 Å². The predicted molar refractivity (Wildman–Crippen MR) is 106 cm³/mol. The van der Waals surface area contributed by atoms with Crippen molar-refractivity contribution >= 4 is 40.5 Å². The van der Waals surface area contributed by atoms with Crippen molar-refractivity contribution in [2.45, 2.75) is 13.5 Å². The Bertz CT molecular complexity index is 963. The van der Waals surface area contributed by atoms with Gasteiger partial charge in [0.15, 0.2) is 5.17 Å². The van der Waals surface area contributed by atoms with Crippen LogP contribution in [0, 0.1) is 0 Å². The van der Waals surface area contributed by atoms with E-state index < -0.39 is 11.9 Å². The molecule has 9 heteroatoms. The molecule has 0 unspecified atom stereocenters. The van der Waals surface area contributed by atoms with E-state index >= 15 is 0 Å². The van der Waals surface area contributed by atoms with E-state index in [1.54, 1.807) is 43.3 Å². The van der Waals surface area contributed by atoms with Crippen molar-refractivity contribution in [2.24, 2.45) is 4.99 Å². The summed E-state index contributed by atoms with van der Waals surface area (Å²) >= 11 is 1.06. The molecule has 3 rings (SSSR count). The molecular formula is C20H18N2O6S. The predicted octanol–water partition coefficient (Wildman–Crippen LogP) is 3.28. The first-order valence-electron chi connectivity index (χ1n) is 8.69. The lowest BCUT2D eigenvalue weighted by Crippen LogP contribution is -2.28. The Morgan fingerprint density at radius 3 is 2.62 bits per heavy atom. The molecule has 1 amide bonds. The number of hydrogen-bond donors (Lipinski definition) is 0. The molecular weight excluding hydrogens is 396 g/mol. The Balaban J connectivity index is 1.89. The van der Waals surface area contributed by atoms with E-state index in [2.05, 4.69) is 9.73 Å². The zero-order valence-corrected chi connectivity index (χ0v) is 16.6. The second-order valence-electron chi connectivity index (χ2n) is 5.77. The molecule has 1 saturated heterocycles. The van der Waals surface area contributed by atoms with Gasteiger partial charge in [-0.25, -0.2) is 14.6 Å². The summed E-state index contributed by atoms with van der Waals surface area (Å²) in [4.78, 5) is 42.2. The van der Waals surface area contributed by atoms with Gasteiger partial charge in [0, 0.05) is 6.08 Å². The van der Waals surface area contributed by atoms with E-state index in [9.17, 15) is 14.4 Å². The van der Waals surface area contributed by atoms with Gasteiger partial charge in [0.25, 0.3) is 5.91 Å². The van der Waals surface area contributed by atoms with Crippen LogP contribution in [-0.2, 0) is 25.6 Å². The molecule has 8 nitrogen and oxygen atoms in total. The number of furan rings is 1. The van der Waals surface area contributed by atoms with Crippen LogP contribution in [0.15, 0.2) is 63.1 Å². The molecule has 2 heterocycles. The van der Waals surface area contributed by atoms with Crippen molar-refractivity contribution in [3.63, 3.8) is 0 Å². The van der Waals surface area contributed by atoms with E-state index in [4.69, 9.17) is 9.15 Å². The first-order chi connectivity index (χ1) is 14.0. The highest BCUT2D eigenvalue weighted by Gasteiger charge is 2.34. The standard InChI is InChI=1S/C20H18N2O6S/c1-3-27-19(25)13-6-8-14(9-7-13)21-20-22(12-15-5-4-10-28-15)18(24)16(29-20)11-17(23)26-2/h4-11H,3,12H2,1-2H3. The smallest absolute Gasteiger partial charge is 0.338 e. The van der Waals surface area contributed by atoms with Gasteiger partial charge in [-0.1, -0.05) is 0 Å². The lowest BCUT2D eigenvalue weighted by molar-refractivity contribution is -0.135. The Kier molecular flexibility index (Phi) is 6.50. The number of amides is 1. The summed E-state index contributed by atoms with van der Waals surface area (Å²) in [5, 5.41) is 0.380. The topological polar surface area (TPSA) is 98.4 Å². The number of carbonyl (C=O) groups is 3. The molecule has 1 fully saturated rings. The number of esters is 2. The minimum Gasteiger partial charge on any atom is -0.467 e. The number of hydrogen-bond acceptors (Lipinski definition) is 8. The molecule has 1 aromatic heterocycles. The zero-order chi connectivity index (χ0) is 20.8. The van der Waals surface area contributed by atoms with E-state index in [0.29, 0.717) is 28.8 Å². The van der Waals surface area contributed by atoms with Crippen molar-refractivity contribution in [1.29, 1.82) is 0 Å². The Labute approximate surface area is 171 Å². The van der Waals surface area contributed by atoms with Gasteiger partial charge in [-0.15, -0.1) is 0 Å². The summed E-state index contributed by atoms with van der Waals surface area (Å²) in [7, 11) is 1.24. The number of amidine groups is 1. The van der Waals surface area contributed by atoms with Crippen LogP contribution in [0.2, 0.25) is 0 Å². The molecule has 0 aliphatic carbocycles. The van der Waals surface area contributed by atoms with Crippen molar-refractivity contribution < 1.29 is 28.3 Å². The second-order valence-corrected chi connectivity index (χ2v) is 6.78. The second kappa shape index (κ2) is 9.24. The fourth-order valence-electron chi connectivity index (χ4n) is 2.45. The third kappa shape index (κ3) is 4.94. The minimum atomic E-state index is -0.626. The first-order valence-corrected chi connectivity index (χ1v) is 9.51. The number of rotatable bonds is 6. The highest BCUT2D eigenvalue weighted by molar-refractivity contribution is 8.18. The summed E-state index contributed by atoms with van der Waals surface area (Å²) in [6.07, 6.45) is 2.65. The van der Waals surface area contributed by atoms with E-state index in [1.165, 1.54) is 18.3 Å². The average Bonchev–Trinajstić information content (AvgIpc) is 3.33.